The summed E-state index contributed by atoms with van der Waals surface area (Å²) in [5.74, 6) is 0.597. The van der Waals surface area contributed by atoms with Gasteiger partial charge in [0.15, 0.2) is 11.4 Å². The molecule has 1 aromatic carbocycles. The van der Waals surface area contributed by atoms with Gasteiger partial charge < -0.3 is 20.1 Å². The average molecular weight is 391 g/mol. The van der Waals surface area contributed by atoms with Crippen molar-refractivity contribution in [3.63, 3.8) is 0 Å². The first-order valence-corrected chi connectivity index (χ1v) is 8.95. The van der Waals surface area contributed by atoms with Crippen LogP contribution in [0, 0.1) is 0 Å². The smallest absolute Gasteiger partial charge is 0.171 e. The van der Waals surface area contributed by atoms with Crippen LogP contribution in [0.3, 0.4) is 0 Å². The number of hydrogen-bond donors (Lipinski definition) is 3. The Morgan fingerprint density at radius 3 is 2.62 bits per heavy atom. The Kier molecular flexibility index (Phi) is 5.41. The number of imidazole rings is 1. The summed E-state index contributed by atoms with van der Waals surface area (Å²) < 4.78 is 7.30. The maximum Gasteiger partial charge on any atom is 0.171 e. The quantitative estimate of drug-likeness (QED) is 0.535. The maximum atomic E-state index is 10.3. The summed E-state index contributed by atoms with van der Waals surface area (Å²) >= 11 is 13.6. The number of hydrogen-bond acceptors (Lipinski definition) is 6. The molecule has 1 aliphatic rings. The Balaban J connectivity index is 2.13. The van der Waals surface area contributed by atoms with Gasteiger partial charge in [-0.1, -0.05) is 41.0 Å². The second kappa shape index (κ2) is 7.21. The number of nitrogens with zero attached hydrogens (tertiary/aromatic N) is 2. The van der Waals surface area contributed by atoms with Gasteiger partial charge in [-0.2, -0.15) is 0 Å². The first-order valence-electron chi connectivity index (χ1n) is 7.21. The molecule has 1 saturated heterocycles. The molecule has 24 heavy (non-hydrogen) atoms. The molecule has 1 unspecified atom stereocenters. The molecule has 0 spiro atoms. The van der Waals surface area contributed by atoms with Gasteiger partial charge in [0.25, 0.3) is 0 Å². The zero-order chi connectivity index (χ0) is 17.4. The molecule has 0 bridgehead atoms. The number of rotatable bonds is 5. The molecular formula is C15H16Cl2N2O4S. The fourth-order valence-electron chi connectivity index (χ4n) is 2.64. The minimum absolute atomic E-state index is 0.345. The van der Waals surface area contributed by atoms with Gasteiger partial charge in [-0.3, -0.25) is 4.57 Å². The monoisotopic (exact) mass is 390 g/mol. The number of halogens is 2. The fraction of sp³-hybridized carbons (Fsp3) is 0.400. The van der Waals surface area contributed by atoms with E-state index in [0.717, 1.165) is 0 Å². The third kappa shape index (κ3) is 3.06. The van der Waals surface area contributed by atoms with Gasteiger partial charge in [0.2, 0.25) is 0 Å². The van der Waals surface area contributed by atoms with Crippen LogP contribution < -0.4 is 0 Å². The third-order valence-corrected chi connectivity index (χ3v) is 5.47. The van der Waals surface area contributed by atoms with Gasteiger partial charge in [-0.25, -0.2) is 4.98 Å². The highest BCUT2D eigenvalue weighted by Gasteiger charge is 2.44. The lowest BCUT2D eigenvalue weighted by atomic mass is 10.1. The highest BCUT2D eigenvalue weighted by molar-refractivity contribution is 7.99. The molecule has 6 nitrogen and oxygen atoms in total. The molecule has 4 atom stereocenters. The highest BCUT2D eigenvalue weighted by Crippen LogP contribution is 2.38. The Bertz CT molecular complexity index is 770. The Labute approximate surface area is 152 Å². The average Bonchev–Trinajstić information content (AvgIpc) is 3.04. The zero-order valence-electron chi connectivity index (χ0n) is 12.5. The van der Waals surface area contributed by atoms with Crippen LogP contribution in [-0.4, -0.2) is 55.5 Å². The van der Waals surface area contributed by atoms with Crippen LogP contribution in [0.2, 0.25) is 10.0 Å². The predicted octanol–water partition coefficient (Wildman–Crippen LogP) is 2.23. The number of aliphatic hydroxyl groups excluding tert-OH is 3. The SMILES string of the molecule is C=CCSc1nc2cc(Cl)c(Cl)cc2n1C1O[C@H](CO)[C@@H](O)[C@H]1O. The summed E-state index contributed by atoms with van der Waals surface area (Å²) in [6.45, 7) is 3.28. The van der Waals surface area contributed by atoms with E-state index in [9.17, 15) is 15.3 Å². The van der Waals surface area contributed by atoms with Gasteiger partial charge in [-0.05, 0) is 12.1 Å². The second-order valence-electron chi connectivity index (χ2n) is 5.35. The number of thioether (sulfide) groups is 1. The normalized spacial score (nSPS) is 27.0. The van der Waals surface area contributed by atoms with Gasteiger partial charge in [0.1, 0.15) is 18.3 Å². The van der Waals surface area contributed by atoms with Gasteiger partial charge in [0, 0.05) is 5.75 Å². The van der Waals surface area contributed by atoms with Crippen LogP contribution in [0.25, 0.3) is 11.0 Å². The van der Waals surface area contributed by atoms with Gasteiger partial charge in [-0.15, -0.1) is 6.58 Å². The lowest BCUT2D eigenvalue weighted by Gasteiger charge is -2.19. The van der Waals surface area contributed by atoms with Crippen LogP contribution >= 0.6 is 35.0 Å². The predicted molar refractivity (Wildman–Crippen MR) is 93.7 cm³/mol. The minimum atomic E-state index is -1.21. The molecule has 0 aliphatic carbocycles. The number of aromatic nitrogens is 2. The van der Waals surface area contributed by atoms with E-state index in [1.165, 1.54) is 11.8 Å². The lowest BCUT2D eigenvalue weighted by Crippen LogP contribution is -2.33. The van der Waals surface area contributed by atoms with Crippen LogP contribution in [0.5, 0.6) is 0 Å². The second-order valence-corrected chi connectivity index (χ2v) is 7.15. The van der Waals surface area contributed by atoms with Gasteiger partial charge >= 0.3 is 0 Å². The number of ether oxygens (including phenoxy) is 1. The first-order chi connectivity index (χ1) is 11.5. The summed E-state index contributed by atoms with van der Waals surface area (Å²) in [5, 5.41) is 30.9. The van der Waals surface area contributed by atoms with Crippen molar-refractivity contribution in [1.29, 1.82) is 0 Å². The molecule has 1 fully saturated rings. The van der Waals surface area contributed by atoms with Crippen molar-refractivity contribution in [2.24, 2.45) is 0 Å². The summed E-state index contributed by atoms with van der Waals surface area (Å²) in [4.78, 5) is 4.51. The van der Waals surface area contributed by atoms with E-state index in [2.05, 4.69) is 11.6 Å². The van der Waals surface area contributed by atoms with Crippen LogP contribution in [-0.2, 0) is 4.74 Å². The molecule has 0 radical (unpaired) electrons. The highest BCUT2D eigenvalue weighted by atomic mass is 35.5. The maximum absolute atomic E-state index is 10.3. The van der Waals surface area contributed by atoms with E-state index in [0.29, 0.717) is 32.0 Å². The van der Waals surface area contributed by atoms with E-state index in [-0.39, 0.29) is 0 Å². The molecule has 0 saturated carbocycles. The molecule has 0 amide bonds. The molecule has 1 aromatic heterocycles. The van der Waals surface area contributed by atoms with Crippen molar-refractivity contribution in [3.8, 4) is 0 Å². The number of aliphatic hydroxyl groups is 3. The van der Waals surface area contributed by atoms with E-state index < -0.39 is 31.1 Å². The first kappa shape index (κ1) is 18.0. The molecule has 3 N–H and O–H groups in total. The Morgan fingerprint density at radius 2 is 2.00 bits per heavy atom. The molecule has 2 heterocycles. The topological polar surface area (TPSA) is 87.7 Å². The minimum Gasteiger partial charge on any atom is -0.394 e. The van der Waals surface area contributed by atoms with Crippen molar-refractivity contribution < 1.29 is 20.1 Å². The largest absolute Gasteiger partial charge is 0.394 e. The van der Waals surface area contributed by atoms with Crippen LogP contribution in [0.4, 0.5) is 0 Å². The molecule has 3 rings (SSSR count). The summed E-state index contributed by atoms with van der Waals surface area (Å²) in [6.07, 6.45) is -2.45. The van der Waals surface area contributed by atoms with Crippen LogP contribution in [0.1, 0.15) is 6.23 Å². The summed E-state index contributed by atoms with van der Waals surface area (Å²) in [5.41, 5.74) is 1.21. The molecule has 9 heteroatoms. The molecule has 1 aliphatic heterocycles. The standard InChI is InChI=1S/C15H16Cl2N2O4S/c1-2-3-24-15-18-9-4-7(16)8(17)5-10(9)19(15)14-13(22)12(21)11(6-20)23-14/h2,4-5,11-14,20-22H,1,3,6H2/t11-,12-,13-,14?/m1/s1. The third-order valence-electron chi connectivity index (χ3n) is 3.80. The van der Waals surface area contributed by atoms with E-state index in [1.807, 2.05) is 0 Å². The van der Waals surface area contributed by atoms with Gasteiger partial charge in [0.05, 0.1) is 27.7 Å². The Morgan fingerprint density at radius 1 is 1.29 bits per heavy atom. The van der Waals surface area contributed by atoms with E-state index in [1.54, 1.807) is 22.8 Å². The summed E-state index contributed by atoms with van der Waals surface area (Å²) in [6, 6.07) is 3.27. The van der Waals surface area contributed by atoms with E-state index >= 15 is 0 Å². The molecule has 130 valence electrons. The lowest BCUT2D eigenvalue weighted by molar-refractivity contribution is -0.0545. The molecule has 2 aromatic rings. The zero-order valence-corrected chi connectivity index (χ0v) is 14.8. The number of benzene rings is 1. The van der Waals surface area contributed by atoms with Crippen molar-refractivity contribution in [2.45, 2.75) is 29.7 Å². The Hall–Kier alpha value is -0.800. The van der Waals surface area contributed by atoms with E-state index in [4.69, 9.17) is 27.9 Å². The number of fused-ring (bicyclic) bond motifs is 1. The van der Waals surface area contributed by atoms with Crippen molar-refractivity contribution in [1.82, 2.24) is 9.55 Å². The van der Waals surface area contributed by atoms with Crippen molar-refractivity contribution in [3.05, 3.63) is 34.8 Å². The summed E-state index contributed by atoms with van der Waals surface area (Å²) in [7, 11) is 0. The molecular weight excluding hydrogens is 375 g/mol. The van der Waals surface area contributed by atoms with Crippen molar-refractivity contribution >= 4 is 46.0 Å². The van der Waals surface area contributed by atoms with Crippen molar-refractivity contribution in [2.75, 3.05) is 12.4 Å². The van der Waals surface area contributed by atoms with Crippen LogP contribution in [0.15, 0.2) is 29.9 Å². The fourth-order valence-corrected chi connectivity index (χ4v) is 3.73.